The fraction of sp³-hybridized carbons (Fsp3) is 0.0435. The van der Waals surface area contributed by atoms with Gasteiger partial charge in [0.25, 0.3) is 0 Å². The number of carbonyl (C=O) groups is 1. The highest BCUT2D eigenvalue weighted by Crippen LogP contribution is 2.37. The molecule has 0 amide bonds. The Morgan fingerprint density at radius 3 is 2.22 bits per heavy atom. The molecular weight excluding hydrogens is 354 g/mol. The van der Waals surface area contributed by atoms with Gasteiger partial charge in [-0.2, -0.15) is 5.26 Å². The van der Waals surface area contributed by atoms with Crippen molar-refractivity contribution in [2.75, 3.05) is 0 Å². The van der Waals surface area contributed by atoms with Crippen molar-refractivity contribution in [2.45, 2.75) is 11.3 Å². The van der Waals surface area contributed by atoms with Gasteiger partial charge in [0.2, 0.25) is 0 Å². The van der Waals surface area contributed by atoms with Gasteiger partial charge in [0.15, 0.2) is 5.78 Å². The standard InChI is InChI=1S/C23H15NO2S/c24-15-17-12-10-16(11-13-17)14-20-22(25)19-8-4-5-9-21(19)27(26)23(20)18-6-2-1-3-7-18/h1-13H,14H2. The minimum atomic E-state index is -1.43. The first kappa shape index (κ1) is 17.1. The van der Waals surface area contributed by atoms with Crippen LogP contribution in [0.3, 0.4) is 0 Å². The van der Waals surface area contributed by atoms with E-state index < -0.39 is 10.8 Å². The Bertz CT molecular complexity index is 1120. The first-order valence-electron chi connectivity index (χ1n) is 8.52. The molecule has 1 heterocycles. The zero-order valence-electron chi connectivity index (χ0n) is 14.4. The molecular formula is C23H15NO2S. The molecule has 1 aliphatic heterocycles. The number of carbonyl (C=O) groups excluding carboxylic acids is 1. The van der Waals surface area contributed by atoms with Crippen molar-refractivity contribution < 1.29 is 9.00 Å². The lowest BCUT2D eigenvalue weighted by atomic mass is 9.94. The molecule has 0 bridgehead atoms. The molecule has 0 aliphatic carbocycles. The molecule has 1 aliphatic rings. The van der Waals surface area contributed by atoms with E-state index in [1.54, 1.807) is 36.4 Å². The lowest BCUT2D eigenvalue weighted by molar-refractivity contribution is 0.102. The van der Waals surface area contributed by atoms with Crippen LogP contribution in [0.4, 0.5) is 0 Å². The van der Waals surface area contributed by atoms with Crippen molar-refractivity contribution in [3.8, 4) is 6.07 Å². The van der Waals surface area contributed by atoms with Crippen LogP contribution in [0.5, 0.6) is 0 Å². The van der Waals surface area contributed by atoms with Crippen LogP contribution >= 0.6 is 0 Å². The lowest BCUT2D eigenvalue weighted by Gasteiger charge is -2.22. The Morgan fingerprint density at radius 2 is 1.52 bits per heavy atom. The Balaban J connectivity index is 1.88. The summed E-state index contributed by atoms with van der Waals surface area (Å²) in [6.07, 6.45) is 0.370. The number of benzene rings is 3. The summed E-state index contributed by atoms with van der Waals surface area (Å²) in [5.41, 5.74) is 3.31. The smallest absolute Gasteiger partial charge is 0.191 e. The van der Waals surface area contributed by atoms with Gasteiger partial charge in [0.1, 0.15) is 0 Å². The van der Waals surface area contributed by atoms with E-state index in [-0.39, 0.29) is 5.78 Å². The fourth-order valence-corrected chi connectivity index (χ4v) is 4.76. The highest BCUT2D eigenvalue weighted by Gasteiger charge is 2.31. The normalized spacial score (nSPS) is 16.0. The van der Waals surface area contributed by atoms with Crippen molar-refractivity contribution in [1.82, 2.24) is 0 Å². The predicted molar refractivity (Wildman–Crippen MR) is 105 cm³/mol. The quantitative estimate of drug-likeness (QED) is 0.682. The molecule has 0 aromatic heterocycles. The topological polar surface area (TPSA) is 57.9 Å². The van der Waals surface area contributed by atoms with Crippen LogP contribution in [0.1, 0.15) is 27.0 Å². The van der Waals surface area contributed by atoms with Crippen LogP contribution in [-0.4, -0.2) is 9.99 Å². The zero-order chi connectivity index (χ0) is 18.8. The molecule has 3 aromatic carbocycles. The summed E-state index contributed by atoms with van der Waals surface area (Å²) in [7, 11) is -1.43. The van der Waals surface area contributed by atoms with Gasteiger partial charge in [-0.15, -0.1) is 0 Å². The van der Waals surface area contributed by atoms with Gasteiger partial charge in [0.05, 0.1) is 32.2 Å². The van der Waals surface area contributed by atoms with Crippen molar-refractivity contribution in [3.63, 3.8) is 0 Å². The Labute approximate surface area is 160 Å². The predicted octanol–water partition coefficient (Wildman–Crippen LogP) is 4.52. The van der Waals surface area contributed by atoms with Crippen LogP contribution in [0.15, 0.2) is 89.3 Å². The maximum Gasteiger partial charge on any atom is 0.191 e. The molecule has 0 saturated heterocycles. The third kappa shape index (κ3) is 3.14. The highest BCUT2D eigenvalue weighted by atomic mass is 32.2. The average molecular weight is 369 g/mol. The summed E-state index contributed by atoms with van der Waals surface area (Å²) in [4.78, 5) is 14.4. The molecule has 27 heavy (non-hydrogen) atoms. The SMILES string of the molecule is N#Cc1ccc(CC2=C(c3ccccc3)S(=O)c3ccccc3C2=O)cc1. The van der Waals surface area contributed by atoms with Crippen molar-refractivity contribution in [3.05, 3.63) is 107 Å². The highest BCUT2D eigenvalue weighted by molar-refractivity contribution is 7.95. The van der Waals surface area contributed by atoms with Crippen LogP contribution in [0.25, 0.3) is 4.91 Å². The molecule has 0 spiro atoms. The summed E-state index contributed by atoms with van der Waals surface area (Å²) in [6.45, 7) is 0. The Hall–Kier alpha value is -3.29. The van der Waals surface area contributed by atoms with E-state index in [4.69, 9.17) is 5.26 Å². The van der Waals surface area contributed by atoms with Gasteiger partial charge in [-0.3, -0.25) is 4.79 Å². The molecule has 4 rings (SSSR count). The van der Waals surface area contributed by atoms with Crippen molar-refractivity contribution in [1.29, 1.82) is 5.26 Å². The summed E-state index contributed by atoms with van der Waals surface area (Å²) in [5, 5.41) is 8.97. The molecule has 3 aromatic rings. The molecule has 0 saturated carbocycles. The van der Waals surface area contributed by atoms with Gasteiger partial charge in [-0.25, -0.2) is 4.21 Å². The van der Waals surface area contributed by atoms with Crippen LogP contribution in [0.2, 0.25) is 0 Å². The number of hydrogen-bond acceptors (Lipinski definition) is 3. The second-order valence-corrected chi connectivity index (χ2v) is 7.64. The van der Waals surface area contributed by atoms with E-state index in [2.05, 4.69) is 6.07 Å². The Kier molecular flexibility index (Phi) is 4.53. The second kappa shape index (κ2) is 7.14. The first-order chi connectivity index (χ1) is 13.2. The molecule has 1 atom stereocenters. The first-order valence-corrected chi connectivity index (χ1v) is 9.67. The molecule has 0 radical (unpaired) electrons. The third-order valence-electron chi connectivity index (χ3n) is 4.56. The monoisotopic (exact) mass is 369 g/mol. The van der Waals surface area contributed by atoms with Gasteiger partial charge >= 0.3 is 0 Å². The van der Waals surface area contributed by atoms with Gasteiger partial charge in [0, 0.05) is 17.6 Å². The van der Waals surface area contributed by atoms with Crippen LogP contribution in [-0.2, 0) is 17.2 Å². The van der Waals surface area contributed by atoms with E-state index in [9.17, 15) is 9.00 Å². The summed E-state index contributed by atoms with van der Waals surface area (Å²) in [5.74, 6) is -0.0894. The summed E-state index contributed by atoms with van der Waals surface area (Å²) < 4.78 is 13.3. The number of ketones is 1. The number of nitriles is 1. The van der Waals surface area contributed by atoms with Crippen LogP contribution in [0, 0.1) is 11.3 Å². The van der Waals surface area contributed by atoms with Crippen molar-refractivity contribution in [2.24, 2.45) is 0 Å². The Morgan fingerprint density at radius 1 is 0.852 bits per heavy atom. The number of allylic oxidation sites excluding steroid dienone is 1. The molecule has 4 heteroatoms. The maximum atomic E-state index is 13.3. The third-order valence-corrected chi connectivity index (χ3v) is 6.17. The van der Waals surface area contributed by atoms with E-state index in [1.165, 1.54) is 0 Å². The zero-order valence-corrected chi connectivity index (χ0v) is 15.2. The number of hydrogen-bond donors (Lipinski definition) is 0. The van der Waals surface area contributed by atoms with E-state index in [0.717, 1.165) is 11.1 Å². The number of Topliss-reactive ketones (excluding diaryl/α,β-unsaturated/α-hetero) is 1. The molecule has 1 unspecified atom stereocenters. The average Bonchev–Trinajstić information content (AvgIpc) is 2.73. The minimum Gasteiger partial charge on any atom is -0.289 e. The molecule has 130 valence electrons. The summed E-state index contributed by atoms with van der Waals surface area (Å²) >= 11 is 0. The van der Waals surface area contributed by atoms with Gasteiger partial charge < -0.3 is 0 Å². The van der Waals surface area contributed by atoms with Gasteiger partial charge in [-0.1, -0.05) is 54.6 Å². The molecule has 0 N–H and O–H groups in total. The number of nitrogens with zero attached hydrogens (tertiary/aromatic N) is 1. The fourth-order valence-electron chi connectivity index (χ4n) is 3.24. The summed E-state index contributed by atoms with van der Waals surface area (Å²) in [6, 6.07) is 25.7. The van der Waals surface area contributed by atoms with E-state index in [0.29, 0.717) is 32.9 Å². The van der Waals surface area contributed by atoms with Crippen LogP contribution < -0.4 is 0 Å². The van der Waals surface area contributed by atoms with E-state index >= 15 is 0 Å². The second-order valence-electron chi connectivity index (χ2n) is 6.25. The molecule has 0 fully saturated rings. The maximum absolute atomic E-state index is 13.3. The number of fused-ring (bicyclic) bond motifs is 1. The number of rotatable bonds is 3. The largest absolute Gasteiger partial charge is 0.289 e. The minimum absolute atomic E-state index is 0.0894. The lowest BCUT2D eigenvalue weighted by Crippen LogP contribution is -2.19. The van der Waals surface area contributed by atoms with Gasteiger partial charge in [-0.05, 0) is 35.4 Å². The molecule has 3 nitrogen and oxygen atoms in total. The van der Waals surface area contributed by atoms with Crippen molar-refractivity contribution >= 4 is 21.5 Å². The van der Waals surface area contributed by atoms with E-state index in [1.807, 2.05) is 42.5 Å².